The van der Waals surface area contributed by atoms with Crippen molar-refractivity contribution in [2.75, 3.05) is 13.4 Å². The maximum atomic E-state index is 11.2. The van der Waals surface area contributed by atoms with Gasteiger partial charge < -0.3 is 9.47 Å². The van der Waals surface area contributed by atoms with Gasteiger partial charge in [-0.2, -0.15) is 0 Å². The molecule has 0 bridgehead atoms. The molecule has 2 aromatic rings. The van der Waals surface area contributed by atoms with E-state index < -0.39 is 0 Å². The second kappa shape index (κ2) is 5.46. The van der Waals surface area contributed by atoms with Crippen LogP contribution in [0.25, 0.3) is 10.8 Å². The minimum absolute atomic E-state index is 0.162. The van der Waals surface area contributed by atoms with Crippen molar-refractivity contribution < 1.29 is 14.3 Å². The van der Waals surface area contributed by atoms with Crippen LogP contribution in [0.1, 0.15) is 17.3 Å². The van der Waals surface area contributed by atoms with Gasteiger partial charge in [-0.3, -0.25) is 4.79 Å². The molecule has 0 radical (unpaired) electrons. The molecule has 0 fully saturated rings. The molecule has 0 atom stereocenters. The highest BCUT2D eigenvalue weighted by Crippen LogP contribution is 2.26. The third kappa shape index (κ3) is 2.45. The molecule has 0 aliphatic rings. The Bertz CT molecular complexity index is 520. The summed E-state index contributed by atoms with van der Waals surface area (Å²) in [5.74, 6) is 0.562. The summed E-state index contributed by atoms with van der Waals surface area (Å²) in [6.45, 7) is 2.64. The molecule has 0 unspecified atom stereocenters. The van der Waals surface area contributed by atoms with Crippen molar-refractivity contribution in [3.05, 3.63) is 42.0 Å². The van der Waals surface area contributed by atoms with Crippen molar-refractivity contribution in [2.45, 2.75) is 6.92 Å². The van der Waals surface area contributed by atoms with E-state index in [2.05, 4.69) is 0 Å². The van der Waals surface area contributed by atoms with Crippen molar-refractivity contribution in [2.24, 2.45) is 0 Å². The summed E-state index contributed by atoms with van der Waals surface area (Å²) in [6, 6.07) is 11.5. The fraction of sp³-hybridized carbons (Fsp3) is 0.214. The summed E-state index contributed by atoms with van der Waals surface area (Å²) in [6.07, 6.45) is 0.823. The molecular weight excluding hydrogens is 216 g/mol. The molecule has 3 heteroatoms. The van der Waals surface area contributed by atoms with Crippen LogP contribution >= 0.6 is 0 Å². The van der Waals surface area contributed by atoms with Crippen molar-refractivity contribution >= 4 is 17.1 Å². The molecule has 0 saturated carbocycles. The number of carbonyl (C=O) groups excluding carboxylic acids is 1. The number of ether oxygens (including phenoxy) is 2. The van der Waals surface area contributed by atoms with E-state index in [4.69, 9.17) is 9.47 Å². The molecule has 2 rings (SSSR count). The first kappa shape index (κ1) is 11.6. The van der Waals surface area contributed by atoms with Gasteiger partial charge >= 0.3 is 0 Å². The van der Waals surface area contributed by atoms with Crippen molar-refractivity contribution in [3.63, 3.8) is 0 Å². The zero-order chi connectivity index (χ0) is 12.1. The van der Waals surface area contributed by atoms with Crippen LogP contribution in [0, 0.1) is 0 Å². The highest BCUT2D eigenvalue weighted by Gasteiger charge is 2.07. The Morgan fingerprint density at radius 1 is 1.18 bits per heavy atom. The fourth-order valence-electron chi connectivity index (χ4n) is 1.71. The number of rotatable bonds is 5. The Labute approximate surface area is 100.0 Å². The van der Waals surface area contributed by atoms with Crippen LogP contribution in [0.2, 0.25) is 0 Å². The molecule has 0 amide bonds. The molecule has 0 aliphatic carbocycles. The topological polar surface area (TPSA) is 35.5 Å². The monoisotopic (exact) mass is 230 g/mol. The van der Waals surface area contributed by atoms with Gasteiger partial charge in [0.2, 0.25) is 0 Å². The Morgan fingerprint density at radius 3 is 2.76 bits per heavy atom. The third-order valence-corrected chi connectivity index (χ3v) is 2.55. The summed E-state index contributed by atoms with van der Waals surface area (Å²) in [5.41, 5.74) is 0.572. The van der Waals surface area contributed by atoms with Gasteiger partial charge in [-0.05, 0) is 23.8 Å². The summed E-state index contributed by atoms with van der Waals surface area (Å²) in [5, 5.41) is 1.93. The molecule has 0 spiro atoms. The SMILES string of the molecule is CCOCOc1ccc2ccccc2c1C=O. The van der Waals surface area contributed by atoms with Gasteiger partial charge in [0.05, 0.1) is 5.56 Å². The van der Waals surface area contributed by atoms with Gasteiger partial charge in [0, 0.05) is 6.61 Å². The number of fused-ring (bicyclic) bond motifs is 1. The molecule has 0 aliphatic heterocycles. The van der Waals surface area contributed by atoms with E-state index in [1.807, 2.05) is 37.3 Å². The van der Waals surface area contributed by atoms with E-state index in [0.717, 1.165) is 17.1 Å². The minimum atomic E-state index is 0.162. The smallest absolute Gasteiger partial charge is 0.189 e. The minimum Gasteiger partial charge on any atom is -0.467 e. The first-order valence-electron chi connectivity index (χ1n) is 5.54. The zero-order valence-corrected chi connectivity index (χ0v) is 9.68. The van der Waals surface area contributed by atoms with Crippen molar-refractivity contribution in [1.82, 2.24) is 0 Å². The molecule has 0 aromatic heterocycles. The van der Waals surface area contributed by atoms with E-state index in [9.17, 15) is 4.79 Å². The summed E-state index contributed by atoms with van der Waals surface area (Å²) in [4.78, 5) is 11.2. The van der Waals surface area contributed by atoms with Crippen LogP contribution < -0.4 is 4.74 Å². The zero-order valence-electron chi connectivity index (χ0n) is 9.68. The average molecular weight is 230 g/mol. The van der Waals surface area contributed by atoms with Crippen molar-refractivity contribution in [3.8, 4) is 5.75 Å². The van der Waals surface area contributed by atoms with Crippen LogP contribution in [0.3, 0.4) is 0 Å². The van der Waals surface area contributed by atoms with Gasteiger partial charge in [0.25, 0.3) is 0 Å². The van der Waals surface area contributed by atoms with E-state index in [1.54, 1.807) is 6.07 Å². The summed E-state index contributed by atoms with van der Waals surface area (Å²) < 4.78 is 10.5. The summed E-state index contributed by atoms with van der Waals surface area (Å²) in [7, 11) is 0. The van der Waals surface area contributed by atoms with Crippen LogP contribution in [0.4, 0.5) is 0 Å². The average Bonchev–Trinajstić information content (AvgIpc) is 2.38. The van der Waals surface area contributed by atoms with Crippen LogP contribution in [0.15, 0.2) is 36.4 Å². The molecule has 0 saturated heterocycles. The van der Waals surface area contributed by atoms with Gasteiger partial charge in [-0.25, -0.2) is 0 Å². The molecular formula is C14H14O3. The highest BCUT2D eigenvalue weighted by atomic mass is 16.7. The predicted octanol–water partition coefficient (Wildman–Crippen LogP) is 3.03. The van der Waals surface area contributed by atoms with Crippen molar-refractivity contribution in [1.29, 1.82) is 0 Å². The normalized spacial score (nSPS) is 10.4. The first-order chi connectivity index (χ1) is 8.36. The Kier molecular flexibility index (Phi) is 3.73. The number of hydrogen-bond acceptors (Lipinski definition) is 3. The number of carbonyl (C=O) groups is 1. The lowest BCUT2D eigenvalue weighted by atomic mass is 10.0. The van der Waals surface area contributed by atoms with Gasteiger partial charge in [0.15, 0.2) is 13.1 Å². The lowest BCUT2D eigenvalue weighted by Gasteiger charge is -2.10. The maximum absolute atomic E-state index is 11.2. The summed E-state index contributed by atoms with van der Waals surface area (Å²) >= 11 is 0. The molecule has 0 heterocycles. The van der Waals surface area contributed by atoms with Gasteiger partial charge in [0.1, 0.15) is 5.75 Å². The van der Waals surface area contributed by atoms with E-state index in [-0.39, 0.29) is 6.79 Å². The number of benzene rings is 2. The van der Waals surface area contributed by atoms with Crippen LogP contribution in [-0.4, -0.2) is 19.7 Å². The van der Waals surface area contributed by atoms with Crippen LogP contribution in [-0.2, 0) is 4.74 Å². The fourth-order valence-corrected chi connectivity index (χ4v) is 1.71. The van der Waals surface area contributed by atoms with E-state index >= 15 is 0 Å². The van der Waals surface area contributed by atoms with Gasteiger partial charge in [-0.1, -0.05) is 30.3 Å². The molecule has 88 valence electrons. The first-order valence-corrected chi connectivity index (χ1v) is 5.54. The highest BCUT2D eigenvalue weighted by molar-refractivity contribution is 6.00. The quantitative estimate of drug-likeness (QED) is 0.450. The number of hydrogen-bond donors (Lipinski definition) is 0. The third-order valence-electron chi connectivity index (χ3n) is 2.55. The largest absolute Gasteiger partial charge is 0.467 e. The van der Waals surface area contributed by atoms with Crippen LogP contribution in [0.5, 0.6) is 5.75 Å². The molecule has 0 N–H and O–H groups in total. The van der Waals surface area contributed by atoms with Gasteiger partial charge in [-0.15, -0.1) is 0 Å². The second-order valence-corrected chi connectivity index (χ2v) is 3.57. The maximum Gasteiger partial charge on any atom is 0.189 e. The molecule has 17 heavy (non-hydrogen) atoms. The number of aldehydes is 1. The van der Waals surface area contributed by atoms with E-state index in [0.29, 0.717) is 17.9 Å². The molecule has 3 nitrogen and oxygen atoms in total. The lowest BCUT2D eigenvalue weighted by molar-refractivity contribution is 0.0222. The van der Waals surface area contributed by atoms with E-state index in [1.165, 1.54) is 0 Å². The lowest BCUT2D eigenvalue weighted by Crippen LogP contribution is -2.04. The standard InChI is InChI=1S/C14H14O3/c1-2-16-10-17-14-8-7-11-5-3-4-6-12(11)13(14)9-15/h3-9H,2,10H2,1H3. The molecule has 2 aromatic carbocycles. The second-order valence-electron chi connectivity index (χ2n) is 3.57. The Hall–Kier alpha value is -1.87. The Balaban J connectivity index is 2.39. The Morgan fingerprint density at radius 2 is 2.00 bits per heavy atom. The predicted molar refractivity (Wildman–Crippen MR) is 66.5 cm³/mol.